The van der Waals surface area contributed by atoms with Gasteiger partial charge < -0.3 is 14.8 Å². The first-order chi connectivity index (χ1) is 14.7. The molecule has 0 heterocycles. The molecule has 7 nitrogen and oxygen atoms in total. The zero-order valence-corrected chi connectivity index (χ0v) is 19.6. The Balaban J connectivity index is 2.14. The van der Waals surface area contributed by atoms with Crippen LogP contribution in [-0.4, -0.2) is 39.3 Å². The summed E-state index contributed by atoms with van der Waals surface area (Å²) in [4.78, 5) is 12.9. The van der Waals surface area contributed by atoms with Crippen molar-refractivity contribution in [1.82, 2.24) is 5.32 Å². The largest absolute Gasteiger partial charge is 0.494 e. The second-order valence-corrected chi connectivity index (χ2v) is 9.30. The molecule has 1 N–H and O–H groups in total. The molecule has 0 aliphatic carbocycles. The summed E-state index contributed by atoms with van der Waals surface area (Å²) in [6, 6.07) is 13.3. The van der Waals surface area contributed by atoms with Crippen LogP contribution in [0.3, 0.4) is 0 Å². The zero-order valence-electron chi connectivity index (χ0n) is 18.8. The van der Waals surface area contributed by atoms with Gasteiger partial charge >= 0.3 is 0 Å². The van der Waals surface area contributed by atoms with Crippen LogP contribution >= 0.6 is 0 Å². The number of carbonyl (C=O) groups is 1. The third-order valence-electron chi connectivity index (χ3n) is 4.49. The topological polar surface area (TPSA) is 84.9 Å². The Kier molecular flexibility index (Phi) is 8.74. The highest BCUT2D eigenvalue weighted by Crippen LogP contribution is 2.25. The minimum Gasteiger partial charge on any atom is -0.494 e. The van der Waals surface area contributed by atoms with E-state index in [4.69, 9.17) is 9.47 Å². The van der Waals surface area contributed by atoms with Crippen LogP contribution in [0, 0.1) is 0 Å². The van der Waals surface area contributed by atoms with Crippen LogP contribution in [0.4, 0.5) is 5.69 Å². The summed E-state index contributed by atoms with van der Waals surface area (Å²) in [5.74, 6) is 1.04. The molecular weight excluding hydrogens is 416 g/mol. The quantitative estimate of drug-likeness (QED) is 0.566. The van der Waals surface area contributed by atoms with Gasteiger partial charge in [-0.1, -0.05) is 19.1 Å². The van der Waals surface area contributed by atoms with Crippen molar-refractivity contribution in [3.63, 3.8) is 0 Å². The summed E-state index contributed by atoms with van der Waals surface area (Å²) in [5, 5.41) is 2.85. The van der Waals surface area contributed by atoms with Crippen molar-refractivity contribution in [1.29, 1.82) is 0 Å². The van der Waals surface area contributed by atoms with E-state index >= 15 is 0 Å². The minimum absolute atomic E-state index is 0.0837. The van der Waals surface area contributed by atoms with Gasteiger partial charge in [-0.3, -0.25) is 9.10 Å². The van der Waals surface area contributed by atoms with Gasteiger partial charge in [-0.25, -0.2) is 8.42 Å². The van der Waals surface area contributed by atoms with Crippen molar-refractivity contribution in [3.8, 4) is 11.5 Å². The summed E-state index contributed by atoms with van der Waals surface area (Å²) in [6.07, 6.45) is 1.51. The average Bonchev–Trinajstić information content (AvgIpc) is 2.71. The molecular formula is C23H32N2O5S. The third kappa shape index (κ3) is 7.17. The van der Waals surface area contributed by atoms with E-state index in [2.05, 4.69) is 5.32 Å². The molecule has 8 heteroatoms. The predicted molar refractivity (Wildman–Crippen MR) is 123 cm³/mol. The lowest BCUT2D eigenvalue weighted by Gasteiger charge is -2.30. The van der Waals surface area contributed by atoms with E-state index < -0.39 is 16.1 Å². The first kappa shape index (κ1) is 24.5. The van der Waals surface area contributed by atoms with Crippen molar-refractivity contribution in [2.75, 3.05) is 17.2 Å². The number of hydrogen-bond acceptors (Lipinski definition) is 5. The summed E-state index contributed by atoms with van der Waals surface area (Å²) < 4.78 is 37.3. The molecule has 2 rings (SSSR count). The molecule has 1 unspecified atom stereocenters. The first-order valence-electron chi connectivity index (χ1n) is 10.4. The summed E-state index contributed by atoms with van der Waals surface area (Å²) in [5.41, 5.74) is 1.31. The van der Waals surface area contributed by atoms with E-state index in [0.717, 1.165) is 21.9 Å². The summed E-state index contributed by atoms with van der Waals surface area (Å²) in [7, 11) is -3.68. The number of amides is 1. The van der Waals surface area contributed by atoms with Crippen LogP contribution in [0.5, 0.6) is 11.5 Å². The Hall–Kier alpha value is -2.74. The number of rotatable bonds is 11. The van der Waals surface area contributed by atoms with Crippen LogP contribution in [0.15, 0.2) is 48.5 Å². The molecule has 0 aromatic heterocycles. The van der Waals surface area contributed by atoms with E-state index in [-0.39, 0.29) is 18.6 Å². The van der Waals surface area contributed by atoms with Crippen LogP contribution in [0.25, 0.3) is 0 Å². The Morgan fingerprint density at radius 3 is 2.06 bits per heavy atom. The molecule has 31 heavy (non-hydrogen) atoms. The number of sulfonamides is 1. The molecule has 0 spiro atoms. The van der Waals surface area contributed by atoms with Gasteiger partial charge in [0.1, 0.15) is 17.5 Å². The van der Waals surface area contributed by atoms with Crippen molar-refractivity contribution in [2.24, 2.45) is 0 Å². The molecule has 2 aromatic carbocycles. The fourth-order valence-electron chi connectivity index (χ4n) is 3.18. The van der Waals surface area contributed by atoms with E-state index in [0.29, 0.717) is 24.5 Å². The van der Waals surface area contributed by atoms with Gasteiger partial charge in [0.25, 0.3) is 0 Å². The number of carbonyl (C=O) groups excluding carboxylic acids is 1. The van der Waals surface area contributed by atoms with Gasteiger partial charge in [-0.15, -0.1) is 0 Å². The SMILES string of the molecule is CCOc1ccc(N(C(CC)C(=O)NCc2ccc(OC(C)C)cc2)S(C)(=O)=O)cc1. The van der Waals surface area contributed by atoms with Crippen molar-refractivity contribution in [2.45, 2.75) is 52.8 Å². The molecule has 0 aliphatic rings. The lowest BCUT2D eigenvalue weighted by atomic mass is 10.1. The molecule has 170 valence electrons. The smallest absolute Gasteiger partial charge is 0.244 e. The van der Waals surface area contributed by atoms with Crippen LogP contribution < -0.4 is 19.1 Å². The zero-order chi connectivity index (χ0) is 23.0. The molecule has 0 bridgehead atoms. The molecule has 0 saturated carbocycles. The number of ether oxygens (including phenoxy) is 2. The molecule has 0 fully saturated rings. The Labute approximate surface area is 185 Å². The van der Waals surface area contributed by atoms with Gasteiger partial charge in [0.05, 0.1) is 24.7 Å². The van der Waals surface area contributed by atoms with Crippen LogP contribution in [0.1, 0.15) is 39.7 Å². The van der Waals surface area contributed by atoms with Crippen molar-refractivity contribution in [3.05, 3.63) is 54.1 Å². The van der Waals surface area contributed by atoms with Crippen LogP contribution in [-0.2, 0) is 21.4 Å². The number of nitrogens with zero attached hydrogens (tertiary/aromatic N) is 1. The highest BCUT2D eigenvalue weighted by molar-refractivity contribution is 7.92. The molecule has 2 aromatic rings. The number of hydrogen-bond donors (Lipinski definition) is 1. The molecule has 0 aliphatic heterocycles. The lowest BCUT2D eigenvalue weighted by molar-refractivity contribution is -0.122. The highest BCUT2D eigenvalue weighted by Gasteiger charge is 2.31. The Morgan fingerprint density at radius 2 is 1.58 bits per heavy atom. The lowest BCUT2D eigenvalue weighted by Crippen LogP contribution is -2.49. The molecule has 1 amide bonds. The predicted octanol–water partition coefficient (Wildman–Crippen LogP) is 3.73. The second-order valence-electron chi connectivity index (χ2n) is 7.44. The molecule has 0 saturated heterocycles. The molecule has 0 radical (unpaired) electrons. The Bertz CT molecular complexity index is 941. The Morgan fingerprint density at radius 1 is 1.00 bits per heavy atom. The fourth-order valence-corrected chi connectivity index (χ4v) is 4.39. The normalized spacial score (nSPS) is 12.3. The fraction of sp³-hybridized carbons (Fsp3) is 0.435. The van der Waals surface area contributed by atoms with Gasteiger partial charge in [0.15, 0.2) is 0 Å². The van der Waals surface area contributed by atoms with E-state index in [1.807, 2.05) is 45.0 Å². The maximum atomic E-state index is 12.9. The third-order valence-corrected chi connectivity index (χ3v) is 5.67. The number of anilines is 1. The van der Waals surface area contributed by atoms with Crippen molar-refractivity contribution < 1.29 is 22.7 Å². The van der Waals surface area contributed by atoms with Gasteiger partial charge in [0, 0.05) is 6.54 Å². The maximum Gasteiger partial charge on any atom is 0.244 e. The summed E-state index contributed by atoms with van der Waals surface area (Å²) in [6.45, 7) is 8.37. The number of benzene rings is 2. The standard InChI is InChI=1S/C23H32N2O5S/c1-6-22(23(26)24-16-18-8-12-21(13-9-18)30-17(3)4)25(31(5,27)28)19-10-14-20(15-11-19)29-7-2/h8-15,17,22H,6-7,16H2,1-5H3,(H,24,26). The summed E-state index contributed by atoms with van der Waals surface area (Å²) >= 11 is 0. The number of nitrogens with one attached hydrogen (secondary N) is 1. The van der Waals surface area contributed by atoms with Crippen molar-refractivity contribution >= 4 is 21.6 Å². The van der Waals surface area contributed by atoms with Gasteiger partial charge in [-0.2, -0.15) is 0 Å². The second kappa shape index (κ2) is 11.0. The first-order valence-corrected chi connectivity index (χ1v) is 12.3. The van der Waals surface area contributed by atoms with Gasteiger partial charge in [0.2, 0.25) is 15.9 Å². The van der Waals surface area contributed by atoms with Gasteiger partial charge in [-0.05, 0) is 69.2 Å². The monoisotopic (exact) mass is 448 g/mol. The van der Waals surface area contributed by atoms with Crippen LogP contribution in [0.2, 0.25) is 0 Å². The maximum absolute atomic E-state index is 12.9. The minimum atomic E-state index is -3.68. The highest BCUT2D eigenvalue weighted by atomic mass is 32.2. The van der Waals surface area contributed by atoms with E-state index in [1.54, 1.807) is 31.2 Å². The average molecular weight is 449 g/mol. The van der Waals surface area contributed by atoms with E-state index in [1.165, 1.54) is 0 Å². The molecule has 1 atom stereocenters. The van der Waals surface area contributed by atoms with E-state index in [9.17, 15) is 13.2 Å².